The molecule has 0 spiro atoms. The van der Waals surface area contributed by atoms with Crippen LogP contribution in [0.2, 0.25) is 0 Å². The van der Waals surface area contributed by atoms with E-state index in [-0.39, 0.29) is 0 Å². The Labute approximate surface area is 102 Å². The van der Waals surface area contributed by atoms with Gasteiger partial charge in [-0.25, -0.2) is 4.98 Å². The number of rotatable bonds is 5. The van der Waals surface area contributed by atoms with Gasteiger partial charge in [0.2, 0.25) is 0 Å². The molecule has 90 valence electrons. The zero-order chi connectivity index (χ0) is 11.4. The standard InChI is InChI=1S/C12H21N3S/c1-9-3-6-14-12(9)7-13-5-4-11-8-16-10(2)15-11/h8-9,12-14H,3-7H2,1-2H3. The van der Waals surface area contributed by atoms with Gasteiger partial charge in [-0.15, -0.1) is 11.3 Å². The van der Waals surface area contributed by atoms with Crippen LogP contribution in [0.5, 0.6) is 0 Å². The molecule has 0 aliphatic carbocycles. The molecule has 2 heterocycles. The van der Waals surface area contributed by atoms with Gasteiger partial charge < -0.3 is 10.6 Å². The number of aryl methyl sites for hydroxylation is 1. The summed E-state index contributed by atoms with van der Waals surface area (Å²) in [5.41, 5.74) is 1.22. The van der Waals surface area contributed by atoms with Crippen LogP contribution in [0.1, 0.15) is 24.0 Å². The Kier molecular flexibility index (Phi) is 4.32. The van der Waals surface area contributed by atoms with Crippen LogP contribution in [0, 0.1) is 12.8 Å². The Balaban J connectivity index is 1.61. The minimum Gasteiger partial charge on any atom is -0.315 e. The molecule has 2 atom stereocenters. The van der Waals surface area contributed by atoms with Gasteiger partial charge in [-0.1, -0.05) is 6.92 Å². The van der Waals surface area contributed by atoms with Crippen LogP contribution >= 0.6 is 11.3 Å². The molecule has 1 aromatic rings. The number of hydrogen-bond donors (Lipinski definition) is 2. The van der Waals surface area contributed by atoms with Crippen LogP contribution in [0.3, 0.4) is 0 Å². The van der Waals surface area contributed by atoms with E-state index in [0.29, 0.717) is 6.04 Å². The first-order valence-electron chi connectivity index (χ1n) is 6.11. The molecule has 1 saturated heterocycles. The van der Waals surface area contributed by atoms with Crippen molar-refractivity contribution in [3.05, 3.63) is 16.1 Å². The topological polar surface area (TPSA) is 37.0 Å². The summed E-state index contributed by atoms with van der Waals surface area (Å²) in [6.07, 6.45) is 2.36. The smallest absolute Gasteiger partial charge is 0.0897 e. The van der Waals surface area contributed by atoms with Crippen LogP contribution in [0.15, 0.2) is 5.38 Å². The van der Waals surface area contributed by atoms with Crippen molar-refractivity contribution >= 4 is 11.3 Å². The van der Waals surface area contributed by atoms with Gasteiger partial charge in [-0.3, -0.25) is 0 Å². The van der Waals surface area contributed by atoms with Crippen LogP contribution in [0.25, 0.3) is 0 Å². The van der Waals surface area contributed by atoms with Gasteiger partial charge in [0.05, 0.1) is 10.7 Å². The molecule has 0 aromatic carbocycles. The maximum absolute atomic E-state index is 4.46. The SMILES string of the molecule is Cc1nc(CCNCC2NCCC2C)cs1. The van der Waals surface area contributed by atoms with Crippen molar-refractivity contribution in [2.45, 2.75) is 32.7 Å². The van der Waals surface area contributed by atoms with Crippen molar-refractivity contribution in [1.29, 1.82) is 0 Å². The summed E-state index contributed by atoms with van der Waals surface area (Å²) in [7, 11) is 0. The van der Waals surface area contributed by atoms with E-state index in [0.717, 1.165) is 25.4 Å². The number of hydrogen-bond acceptors (Lipinski definition) is 4. The molecule has 16 heavy (non-hydrogen) atoms. The summed E-state index contributed by atoms with van der Waals surface area (Å²) >= 11 is 1.74. The second-order valence-electron chi connectivity index (χ2n) is 4.64. The molecule has 2 unspecified atom stereocenters. The first-order chi connectivity index (χ1) is 7.75. The molecule has 0 bridgehead atoms. The Morgan fingerprint density at radius 3 is 3.12 bits per heavy atom. The zero-order valence-electron chi connectivity index (χ0n) is 10.1. The predicted molar refractivity (Wildman–Crippen MR) is 69.0 cm³/mol. The second kappa shape index (κ2) is 5.75. The molecular weight excluding hydrogens is 218 g/mol. The predicted octanol–water partition coefficient (Wildman–Crippen LogP) is 1.58. The molecule has 2 rings (SSSR count). The van der Waals surface area contributed by atoms with Crippen LogP contribution in [-0.2, 0) is 6.42 Å². The molecule has 0 saturated carbocycles. The molecule has 0 radical (unpaired) electrons. The fraction of sp³-hybridized carbons (Fsp3) is 0.750. The molecule has 0 amide bonds. The summed E-state index contributed by atoms with van der Waals surface area (Å²) in [5, 5.41) is 10.4. The van der Waals surface area contributed by atoms with Gasteiger partial charge in [-0.2, -0.15) is 0 Å². The van der Waals surface area contributed by atoms with Crippen molar-refractivity contribution in [2.24, 2.45) is 5.92 Å². The number of aromatic nitrogens is 1. The van der Waals surface area contributed by atoms with E-state index >= 15 is 0 Å². The minimum atomic E-state index is 0.664. The third-order valence-corrected chi connectivity index (χ3v) is 4.10. The summed E-state index contributed by atoms with van der Waals surface area (Å²) in [5.74, 6) is 0.814. The lowest BCUT2D eigenvalue weighted by molar-refractivity contribution is 0.450. The van der Waals surface area contributed by atoms with E-state index in [4.69, 9.17) is 0 Å². The maximum Gasteiger partial charge on any atom is 0.0897 e. The molecule has 2 N–H and O–H groups in total. The van der Waals surface area contributed by atoms with E-state index < -0.39 is 0 Å². The molecule has 1 aliphatic rings. The lowest BCUT2D eigenvalue weighted by atomic mass is 10.0. The van der Waals surface area contributed by atoms with Crippen LogP contribution < -0.4 is 10.6 Å². The highest BCUT2D eigenvalue weighted by molar-refractivity contribution is 7.09. The first kappa shape index (κ1) is 12.0. The summed E-state index contributed by atoms with van der Waals surface area (Å²) in [6.45, 7) is 7.69. The fourth-order valence-corrected chi connectivity index (χ4v) is 2.82. The van der Waals surface area contributed by atoms with Crippen LogP contribution in [0.4, 0.5) is 0 Å². The Morgan fingerprint density at radius 1 is 1.62 bits per heavy atom. The van der Waals surface area contributed by atoms with E-state index in [1.54, 1.807) is 11.3 Å². The van der Waals surface area contributed by atoms with Crippen molar-refractivity contribution in [3.8, 4) is 0 Å². The minimum absolute atomic E-state index is 0.664. The second-order valence-corrected chi connectivity index (χ2v) is 5.70. The number of nitrogens with one attached hydrogen (secondary N) is 2. The highest BCUT2D eigenvalue weighted by Crippen LogP contribution is 2.13. The third kappa shape index (κ3) is 3.27. The quantitative estimate of drug-likeness (QED) is 0.766. The van der Waals surface area contributed by atoms with Gasteiger partial charge in [0.25, 0.3) is 0 Å². The Bertz CT molecular complexity index is 324. The van der Waals surface area contributed by atoms with E-state index in [2.05, 4.69) is 34.8 Å². The molecular formula is C12H21N3S. The number of nitrogens with zero attached hydrogens (tertiary/aromatic N) is 1. The average Bonchev–Trinajstić information content (AvgIpc) is 2.83. The molecule has 1 aromatic heterocycles. The van der Waals surface area contributed by atoms with Gasteiger partial charge >= 0.3 is 0 Å². The molecule has 3 nitrogen and oxygen atoms in total. The summed E-state index contributed by atoms with van der Waals surface area (Å²) in [4.78, 5) is 4.46. The Hall–Kier alpha value is -0.450. The highest BCUT2D eigenvalue weighted by atomic mass is 32.1. The van der Waals surface area contributed by atoms with E-state index in [1.165, 1.54) is 23.7 Å². The first-order valence-corrected chi connectivity index (χ1v) is 6.99. The van der Waals surface area contributed by atoms with Gasteiger partial charge in [-0.05, 0) is 25.8 Å². The Morgan fingerprint density at radius 2 is 2.50 bits per heavy atom. The molecule has 1 aliphatic heterocycles. The van der Waals surface area contributed by atoms with Gasteiger partial charge in [0.15, 0.2) is 0 Å². The molecule has 1 fully saturated rings. The summed E-state index contributed by atoms with van der Waals surface area (Å²) < 4.78 is 0. The van der Waals surface area contributed by atoms with Crippen molar-refractivity contribution < 1.29 is 0 Å². The highest BCUT2D eigenvalue weighted by Gasteiger charge is 2.21. The fourth-order valence-electron chi connectivity index (χ4n) is 2.17. The molecule has 4 heteroatoms. The van der Waals surface area contributed by atoms with Gasteiger partial charge in [0, 0.05) is 30.9 Å². The van der Waals surface area contributed by atoms with Crippen LogP contribution in [-0.4, -0.2) is 30.7 Å². The maximum atomic E-state index is 4.46. The normalized spacial score (nSPS) is 25.1. The third-order valence-electron chi connectivity index (χ3n) is 3.28. The number of thiazole rings is 1. The van der Waals surface area contributed by atoms with Crippen molar-refractivity contribution in [3.63, 3.8) is 0 Å². The lowest BCUT2D eigenvalue weighted by Crippen LogP contribution is -2.37. The lowest BCUT2D eigenvalue weighted by Gasteiger charge is -2.15. The average molecular weight is 239 g/mol. The van der Waals surface area contributed by atoms with Crippen molar-refractivity contribution in [2.75, 3.05) is 19.6 Å². The van der Waals surface area contributed by atoms with E-state index in [1.807, 2.05) is 0 Å². The monoisotopic (exact) mass is 239 g/mol. The van der Waals surface area contributed by atoms with Gasteiger partial charge in [0.1, 0.15) is 0 Å². The zero-order valence-corrected chi connectivity index (χ0v) is 10.9. The van der Waals surface area contributed by atoms with E-state index in [9.17, 15) is 0 Å². The largest absolute Gasteiger partial charge is 0.315 e. The van der Waals surface area contributed by atoms with Crippen molar-refractivity contribution in [1.82, 2.24) is 15.6 Å². The summed E-state index contributed by atoms with van der Waals surface area (Å²) in [6, 6.07) is 0.664.